The van der Waals surface area contributed by atoms with Crippen LogP contribution in [-0.4, -0.2) is 57.8 Å². The molecule has 110 valence electrons. The molecule has 1 heterocycles. The van der Waals surface area contributed by atoms with Gasteiger partial charge in [0.25, 0.3) is 0 Å². The highest BCUT2D eigenvalue weighted by Gasteiger charge is 2.40. The van der Waals surface area contributed by atoms with Gasteiger partial charge in [0.2, 0.25) is 5.91 Å². The Morgan fingerprint density at radius 1 is 1.32 bits per heavy atom. The molecule has 0 aromatic heterocycles. The van der Waals surface area contributed by atoms with Crippen LogP contribution >= 0.6 is 0 Å². The van der Waals surface area contributed by atoms with Crippen LogP contribution in [0.4, 0.5) is 0 Å². The summed E-state index contributed by atoms with van der Waals surface area (Å²) in [5.41, 5.74) is 0. The number of nitrogens with one attached hydrogen (secondary N) is 2. The molecular formula is C13H24N2O4. The van der Waals surface area contributed by atoms with Crippen LogP contribution in [0.3, 0.4) is 0 Å². The van der Waals surface area contributed by atoms with Gasteiger partial charge < -0.3 is 24.8 Å². The molecule has 6 heteroatoms. The van der Waals surface area contributed by atoms with Gasteiger partial charge in [-0.25, -0.2) is 0 Å². The second-order valence-electron chi connectivity index (χ2n) is 5.11. The Labute approximate surface area is 114 Å². The van der Waals surface area contributed by atoms with Crippen molar-refractivity contribution in [2.24, 2.45) is 0 Å². The summed E-state index contributed by atoms with van der Waals surface area (Å²) < 4.78 is 16.2. The lowest BCUT2D eigenvalue weighted by Crippen LogP contribution is -2.45. The van der Waals surface area contributed by atoms with Crippen molar-refractivity contribution >= 4 is 5.91 Å². The number of amides is 1. The predicted octanol–water partition coefficient (Wildman–Crippen LogP) is 0.0243. The zero-order valence-corrected chi connectivity index (χ0v) is 11.6. The average Bonchev–Trinajstić information content (AvgIpc) is 2.87. The summed E-state index contributed by atoms with van der Waals surface area (Å²) in [5, 5.41) is 6.09. The molecule has 1 saturated carbocycles. The van der Waals surface area contributed by atoms with Crippen LogP contribution in [-0.2, 0) is 19.0 Å². The van der Waals surface area contributed by atoms with Gasteiger partial charge in [-0.15, -0.1) is 0 Å². The van der Waals surface area contributed by atoms with E-state index in [1.54, 1.807) is 7.11 Å². The van der Waals surface area contributed by atoms with E-state index in [4.69, 9.17) is 14.2 Å². The van der Waals surface area contributed by atoms with Gasteiger partial charge in [-0.1, -0.05) is 0 Å². The Hall–Kier alpha value is -0.690. The summed E-state index contributed by atoms with van der Waals surface area (Å²) in [6.07, 6.45) is 3.81. The highest BCUT2D eigenvalue weighted by Crippen LogP contribution is 2.35. The van der Waals surface area contributed by atoms with Gasteiger partial charge in [-0.2, -0.15) is 0 Å². The summed E-state index contributed by atoms with van der Waals surface area (Å²) in [4.78, 5) is 11.5. The number of hydrogen-bond acceptors (Lipinski definition) is 5. The van der Waals surface area contributed by atoms with Gasteiger partial charge >= 0.3 is 0 Å². The lowest BCUT2D eigenvalue weighted by Gasteiger charge is -2.35. The maximum Gasteiger partial charge on any atom is 0.234 e. The van der Waals surface area contributed by atoms with Crippen LogP contribution in [0.15, 0.2) is 0 Å². The molecule has 2 aliphatic rings. The highest BCUT2D eigenvalue weighted by atomic mass is 16.7. The molecule has 0 bridgehead atoms. The lowest BCUT2D eigenvalue weighted by atomic mass is 9.90. The quantitative estimate of drug-likeness (QED) is 0.667. The maximum atomic E-state index is 11.5. The number of hydrogen-bond donors (Lipinski definition) is 2. The first-order chi connectivity index (χ1) is 9.24. The summed E-state index contributed by atoms with van der Waals surface area (Å²) in [5.74, 6) is -0.301. The number of ether oxygens (including phenoxy) is 3. The fourth-order valence-electron chi connectivity index (χ4n) is 2.64. The largest absolute Gasteiger partial charge is 0.383 e. The molecule has 2 rings (SSSR count). The Morgan fingerprint density at radius 3 is 2.63 bits per heavy atom. The molecule has 1 aliphatic carbocycles. The van der Waals surface area contributed by atoms with E-state index < -0.39 is 0 Å². The van der Waals surface area contributed by atoms with Crippen LogP contribution in [0.1, 0.15) is 25.7 Å². The van der Waals surface area contributed by atoms with Crippen molar-refractivity contribution in [2.75, 3.05) is 40.0 Å². The summed E-state index contributed by atoms with van der Waals surface area (Å²) >= 11 is 0. The van der Waals surface area contributed by atoms with E-state index in [-0.39, 0.29) is 11.7 Å². The molecule has 1 spiro atoms. The van der Waals surface area contributed by atoms with Gasteiger partial charge in [0.15, 0.2) is 5.79 Å². The van der Waals surface area contributed by atoms with E-state index in [0.29, 0.717) is 39.0 Å². The Bertz CT molecular complexity index is 282. The minimum atomic E-state index is -0.321. The van der Waals surface area contributed by atoms with E-state index in [1.165, 1.54) is 0 Å². The van der Waals surface area contributed by atoms with Crippen molar-refractivity contribution in [3.8, 4) is 0 Å². The second-order valence-corrected chi connectivity index (χ2v) is 5.11. The third-order valence-corrected chi connectivity index (χ3v) is 3.74. The van der Waals surface area contributed by atoms with E-state index in [1.807, 2.05) is 0 Å². The fourth-order valence-corrected chi connectivity index (χ4v) is 2.64. The fraction of sp³-hybridized carbons (Fsp3) is 0.923. The molecule has 0 aromatic rings. The molecule has 1 aliphatic heterocycles. The molecule has 0 aromatic carbocycles. The molecule has 2 fully saturated rings. The first-order valence-corrected chi connectivity index (χ1v) is 7.01. The van der Waals surface area contributed by atoms with E-state index >= 15 is 0 Å². The highest BCUT2D eigenvalue weighted by molar-refractivity contribution is 5.77. The monoisotopic (exact) mass is 272 g/mol. The average molecular weight is 272 g/mol. The normalized spacial score (nSPS) is 22.8. The van der Waals surface area contributed by atoms with Crippen LogP contribution in [0.5, 0.6) is 0 Å². The van der Waals surface area contributed by atoms with Crippen LogP contribution in [0.25, 0.3) is 0 Å². The second kappa shape index (κ2) is 7.19. The molecule has 2 N–H and O–H groups in total. The zero-order valence-electron chi connectivity index (χ0n) is 11.6. The molecule has 19 heavy (non-hydrogen) atoms. The SMILES string of the molecule is COCCNC(=O)CNC1CCC2(CC1)OCCO2. The van der Waals surface area contributed by atoms with Gasteiger partial charge in [0.05, 0.1) is 26.4 Å². The summed E-state index contributed by atoms with van der Waals surface area (Å²) in [6, 6.07) is 0.381. The Morgan fingerprint density at radius 2 is 2.00 bits per heavy atom. The van der Waals surface area contributed by atoms with Crippen molar-refractivity contribution in [1.29, 1.82) is 0 Å². The first-order valence-electron chi connectivity index (χ1n) is 7.01. The molecule has 1 amide bonds. The number of carbonyl (C=O) groups excluding carboxylic acids is 1. The molecule has 6 nitrogen and oxygen atoms in total. The van der Waals surface area contributed by atoms with Crippen LogP contribution in [0, 0.1) is 0 Å². The van der Waals surface area contributed by atoms with Crippen molar-refractivity contribution in [3.63, 3.8) is 0 Å². The molecule has 0 unspecified atom stereocenters. The van der Waals surface area contributed by atoms with E-state index in [2.05, 4.69) is 10.6 Å². The number of methoxy groups -OCH3 is 1. The zero-order chi connectivity index (χ0) is 13.6. The third-order valence-electron chi connectivity index (χ3n) is 3.74. The first kappa shape index (κ1) is 14.7. The van der Waals surface area contributed by atoms with Gasteiger partial charge in [0, 0.05) is 32.5 Å². The summed E-state index contributed by atoms with van der Waals surface area (Å²) in [7, 11) is 1.62. The smallest absolute Gasteiger partial charge is 0.234 e. The minimum absolute atomic E-state index is 0.0192. The molecule has 0 radical (unpaired) electrons. The predicted molar refractivity (Wildman–Crippen MR) is 69.8 cm³/mol. The van der Waals surface area contributed by atoms with E-state index in [0.717, 1.165) is 25.7 Å². The lowest BCUT2D eigenvalue weighted by molar-refractivity contribution is -0.179. The van der Waals surface area contributed by atoms with E-state index in [9.17, 15) is 4.79 Å². The summed E-state index contributed by atoms with van der Waals surface area (Å²) in [6.45, 7) is 2.89. The minimum Gasteiger partial charge on any atom is -0.383 e. The van der Waals surface area contributed by atoms with Crippen LogP contribution in [0.2, 0.25) is 0 Å². The maximum absolute atomic E-state index is 11.5. The standard InChI is InChI=1S/C13H24N2O4/c1-17-7-6-14-12(16)10-15-11-2-4-13(5-3-11)18-8-9-19-13/h11,15H,2-10H2,1H3,(H,14,16). The Kier molecular flexibility index (Phi) is 5.57. The van der Waals surface area contributed by atoms with Crippen molar-refractivity contribution < 1.29 is 19.0 Å². The molecule has 1 saturated heterocycles. The van der Waals surface area contributed by atoms with Crippen molar-refractivity contribution in [1.82, 2.24) is 10.6 Å². The van der Waals surface area contributed by atoms with Gasteiger partial charge in [-0.05, 0) is 12.8 Å². The molecular weight excluding hydrogens is 248 g/mol. The van der Waals surface area contributed by atoms with Crippen molar-refractivity contribution in [2.45, 2.75) is 37.5 Å². The Balaban J connectivity index is 1.59. The van der Waals surface area contributed by atoms with Gasteiger partial charge in [-0.3, -0.25) is 4.79 Å². The van der Waals surface area contributed by atoms with Crippen LogP contribution < -0.4 is 10.6 Å². The van der Waals surface area contributed by atoms with Crippen molar-refractivity contribution in [3.05, 3.63) is 0 Å². The molecule has 0 atom stereocenters. The number of carbonyl (C=O) groups is 1. The topological polar surface area (TPSA) is 68.8 Å². The van der Waals surface area contributed by atoms with Gasteiger partial charge in [0.1, 0.15) is 0 Å². The number of rotatable bonds is 6. The third kappa shape index (κ3) is 4.42.